The van der Waals surface area contributed by atoms with E-state index in [1.807, 2.05) is 18.2 Å². The van der Waals surface area contributed by atoms with E-state index in [2.05, 4.69) is 0 Å². The lowest BCUT2D eigenvalue weighted by atomic mass is 9.93. The SMILES string of the molecule is O=c1c(=O)c2cc(O)cc3ccc4cccc1c4c32. The minimum atomic E-state index is -0.549. The van der Waals surface area contributed by atoms with Crippen molar-refractivity contribution >= 4 is 32.3 Å². The molecular weight excluding hydrogens is 240 g/mol. The predicted octanol–water partition coefficient (Wildman–Crippen LogP) is 2.45. The van der Waals surface area contributed by atoms with Crippen molar-refractivity contribution in [1.29, 1.82) is 0 Å². The van der Waals surface area contributed by atoms with Gasteiger partial charge in [-0.3, -0.25) is 9.59 Å². The molecule has 4 aromatic rings. The van der Waals surface area contributed by atoms with E-state index in [0.717, 1.165) is 21.5 Å². The van der Waals surface area contributed by atoms with Crippen molar-refractivity contribution in [3.8, 4) is 5.75 Å². The van der Waals surface area contributed by atoms with Crippen LogP contribution in [0.15, 0.2) is 52.1 Å². The highest BCUT2D eigenvalue weighted by Crippen LogP contribution is 2.33. The third-order valence-electron chi connectivity index (χ3n) is 3.64. The van der Waals surface area contributed by atoms with Crippen LogP contribution in [0.4, 0.5) is 0 Å². The topological polar surface area (TPSA) is 54.4 Å². The summed E-state index contributed by atoms with van der Waals surface area (Å²) >= 11 is 0. The Balaban J connectivity index is 2.58. The van der Waals surface area contributed by atoms with Gasteiger partial charge >= 0.3 is 0 Å². The molecule has 90 valence electrons. The van der Waals surface area contributed by atoms with Crippen LogP contribution in [0.2, 0.25) is 0 Å². The summed E-state index contributed by atoms with van der Waals surface area (Å²) in [5.74, 6) is 0.00220. The zero-order valence-corrected chi connectivity index (χ0v) is 9.81. The third-order valence-corrected chi connectivity index (χ3v) is 3.64. The molecule has 4 aromatic carbocycles. The first-order chi connectivity index (χ1) is 9.16. The second-order valence-corrected chi connectivity index (χ2v) is 4.72. The van der Waals surface area contributed by atoms with Crippen molar-refractivity contribution in [2.24, 2.45) is 0 Å². The number of hydrogen-bond acceptors (Lipinski definition) is 3. The average Bonchev–Trinajstić information content (AvgIpc) is 2.42. The molecule has 19 heavy (non-hydrogen) atoms. The molecule has 0 aliphatic carbocycles. The van der Waals surface area contributed by atoms with Crippen LogP contribution in [0.3, 0.4) is 0 Å². The maximum absolute atomic E-state index is 12.1. The Morgan fingerprint density at radius 2 is 1.42 bits per heavy atom. The molecule has 0 fully saturated rings. The van der Waals surface area contributed by atoms with Gasteiger partial charge in [0.1, 0.15) is 5.75 Å². The molecule has 3 nitrogen and oxygen atoms in total. The first kappa shape index (κ1) is 10.3. The average molecular weight is 248 g/mol. The Labute approximate surface area is 107 Å². The first-order valence-corrected chi connectivity index (χ1v) is 5.94. The molecule has 0 heterocycles. The van der Waals surface area contributed by atoms with Gasteiger partial charge in [0.2, 0.25) is 10.9 Å². The Kier molecular flexibility index (Phi) is 1.73. The summed E-state index contributed by atoms with van der Waals surface area (Å²) in [6.45, 7) is 0. The molecule has 0 atom stereocenters. The van der Waals surface area contributed by atoms with Gasteiger partial charge in [0, 0.05) is 21.5 Å². The summed E-state index contributed by atoms with van der Waals surface area (Å²) in [4.78, 5) is 24.3. The smallest absolute Gasteiger partial charge is 0.234 e. The van der Waals surface area contributed by atoms with E-state index in [0.29, 0.717) is 10.8 Å². The Hall–Kier alpha value is -2.68. The standard InChI is InChI=1S/C16H8O3/c17-10-6-9-5-4-8-2-1-3-11-13(8)14(9)12(7-10)16(19)15(11)18/h1-7,17H. The van der Waals surface area contributed by atoms with Gasteiger partial charge in [-0.15, -0.1) is 0 Å². The van der Waals surface area contributed by atoms with Crippen molar-refractivity contribution in [2.45, 2.75) is 0 Å². The van der Waals surface area contributed by atoms with Gasteiger partial charge in [-0.2, -0.15) is 0 Å². The van der Waals surface area contributed by atoms with Crippen LogP contribution in [0, 0.1) is 0 Å². The maximum atomic E-state index is 12.1. The molecule has 0 aromatic heterocycles. The number of hydrogen-bond donors (Lipinski definition) is 1. The molecule has 0 bridgehead atoms. The molecule has 3 heteroatoms. The number of phenols is 1. The fraction of sp³-hybridized carbons (Fsp3) is 0. The number of aromatic hydroxyl groups is 1. The quantitative estimate of drug-likeness (QED) is 0.384. The molecule has 4 rings (SSSR count). The zero-order chi connectivity index (χ0) is 13.1. The molecule has 1 N–H and O–H groups in total. The molecule has 0 aliphatic rings. The van der Waals surface area contributed by atoms with Crippen molar-refractivity contribution in [2.75, 3.05) is 0 Å². The van der Waals surface area contributed by atoms with Crippen LogP contribution >= 0.6 is 0 Å². The van der Waals surface area contributed by atoms with Crippen LogP contribution < -0.4 is 10.9 Å². The predicted molar refractivity (Wildman–Crippen MR) is 75.5 cm³/mol. The summed E-state index contributed by atoms with van der Waals surface area (Å²) in [6.07, 6.45) is 0. The Morgan fingerprint density at radius 3 is 2.26 bits per heavy atom. The van der Waals surface area contributed by atoms with Crippen molar-refractivity contribution in [3.05, 3.63) is 62.9 Å². The molecule has 0 aliphatic heterocycles. The summed E-state index contributed by atoms with van der Waals surface area (Å²) in [7, 11) is 0. The lowest BCUT2D eigenvalue weighted by Crippen LogP contribution is -2.24. The Bertz CT molecular complexity index is 1050. The normalized spacial score (nSPS) is 11.8. The van der Waals surface area contributed by atoms with Crippen LogP contribution in [-0.2, 0) is 0 Å². The van der Waals surface area contributed by atoms with Crippen LogP contribution in [0.1, 0.15) is 0 Å². The van der Waals surface area contributed by atoms with Crippen molar-refractivity contribution in [1.82, 2.24) is 0 Å². The largest absolute Gasteiger partial charge is 0.508 e. The van der Waals surface area contributed by atoms with Gasteiger partial charge < -0.3 is 5.11 Å². The number of phenolic OH excluding ortho intramolecular Hbond substituents is 1. The second-order valence-electron chi connectivity index (χ2n) is 4.72. The van der Waals surface area contributed by atoms with Crippen LogP contribution in [-0.4, -0.2) is 5.11 Å². The lowest BCUT2D eigenvalue weighted by molar-refractivity contribution is 0.477. The minimum absolute atomic E-state index is 0.00220. The van der Waals surface area contributed by atoms with Gasteiger partial charge in [0.25, 0.3) is 0 Å². The van der Waals surface area contributed by atoms with Gasteiger partial charge in [-0.05, 0) is 22.9 Å². The van der Waals surface area contributed by atoms with Crippen molar-refractivity contribution < 1.29 is 5.11 Å². The van der Waals surface area contributed by atoms with E-state index in [-0.39, 0.29) is 5.75 Å². The molecular formula is C16H8O3. The van der Waals surface area contributed by atoms with Gasteiger partial charge in [0.05, 0.1) is 0 Å². The molecule has 0 saturated heterocycles. The summed E-state index contributed by atoms with van der Waals surface area (Å²) in [5, 5.41) is 13.7. The fourth-order valence-electron chi connectivity index (χ4n) is 2.84. The van der Waals surface area contributed by atoms with E-state index in [4.69, 9.17) is 0 Å². The molecule has 0 unspecified atom stereocenters. The van der Waals surface area contributed by atoms with Crippen molar-refractivity contribution in [3.63, 3.8) is 0 Å². The summed E-state index contributed by atoms with van der Waals surface area (Å²) in [6, 6.07) is 12.1. The van der Waals surface area contributed by atoms with Gasteiger partial charge in [0.15, 0.2) is 0 Å². The third kappa shape index (κ3) is 1.16. The maximum Gasteiger partial charge on any atom is 0.234 e. The Morgan fingerprint density at radius 1 is 0.737 bits per heavy atom. The van der Waals surface area contributed by atoms with E-state index in [9.17, 15) is 14.7 Å². The van der Waals surface area contributed by atoms with E-state index >= 15 is 0 Å². The minimum Gasteiger partial charge on any atom is -0.508 e. The van der Waals surface area contributed by atoms with Crippen LogP contribution in [0.25, 0.3) is 32.3 Å². The van der Waals surface area contributed by atoms with Gasteiger partial charge in [-0.25, -0.2) is 0 Å². The summed E-state index contributed by atoms with van der Waals surface area (Å²) in [5.41, 5.74) is -1.05. The lowest BCUT2D eigenvalue weighted by Gasteiger charge is -2.09. The highest BCUT2D eigenvalue weighted by Gasteiger charge is 2.15. The highest BCUT2D eigenvalue weighted by atomic mass is 16.3. The molecule has 0 spiro atoms. The molecule has 0 saturated carbocycles. The summed E-state index contributed by atoms with van der Waals surface area (Å²) < 4.78 is 0. The second kappa shape index (κ2) is 3.20. The van der Waals surface area contributed by atoms with Crippen LogP contribution in [0.5, 0.6) is 5.75 Å². The van der Waals surface area contributed by atoms with Gasteiger partial charge in [-0.1, -0.05) is 30.3 Å². The monoisotopic (exact) mass is 248 g/mol. The molecule has 0 amide bonds. The van der Waals surface area contributed by atoms with E-state index < -0.39 is 10.9 Å². The van der Waals surface area contributed by atoms with E-state index in [1.54, 1.807) is 18.2 Å². The zero-order valence-electron chi connectivity index (χ0n) is 9.81. The fourth-order valence-corrected chi connectivity index (χ4v) is 2.84. The van der Waals surface area contributed by atoms with E-state index in [1.165, 1.54) is 6.07 Å². The molecule has 0 radical (unpaired) electrons. The number of rotatable bonds is 0. The highest BCUT2D eigenvalue weighted by molar-refractivity contribution is 6.23. The number of benzene rings is 4. The first-order valence-electron chi connectivity index (χ1n) is 5.94.